The molecule has 0 heterocycles. The maximum absolute atomic E-state index is 5.53. The zero-order chi connectivity index (χ0) is 11.3. The van der Waals surface area contributed by atoms with Crippen molar-refractivity contribution in [1.82, 2.24) is 5.32 Å². The van der Waals surface area contributed by atoms with Crippen molar-refractivity contribution in [2.75, 3.05) is 13.7 Å². The standard InChI is InChI=1S/C11H17BrN2O/c1-8(6-13)14-7-9-5-10(12)3-4-11(9)15-2/h3-5,8,14H,6-7,13H2,1-2H3/t8-/m1/s1. The Hall–Kier alpha value is -0.580. The molecule has 1 aromatic rings. The Morgan fingerprint density at radius 3 is 2.87 bits per heavy atom. The summed E-state index contributed by atoms with van der Waals surface area (Å²) in [6.07, 6.45) is 0. The van der Waals surface area contributed by atoms with Gasteiger partial charge in [0, 0.05) is 29.2 Å². The molecule has 0 radical (unpaired) electrons. The molecule has 15 heavy (non-hydrogen) atoms. The molecule has 84 valence electrons. The summed E-state index contributed by atoms with van der Waals surface area (Å²) in [6.45, 7) is 3.46. The highest BCUT2D eigenvalue weighted by Crippen LogP contribution is 2.22. The van der Waals surface area contributed by atoms with E-state index in [0.29, 0.717) is 12.6 Å². The van der Waals surface area contributed by atoms with Gasteiger partial charge in [-0.2, -0.15) is 0 Å². The summed E-state index contributed by atoms with van der Waals surface area (Å²) in [5, 5.41) is 3.32. The highest BCUT2D eigenvalue weighted by Gasteiger charge is 2.05. The number of rotatable bonds is 5. The van der Waals surface area contributed by atoms with Crippen LogP contribution in [0.5, 0.6) is 5.75 Å². The molecule has 1 aromatic carbocycles. The first-order chi connectivity index (χ1) is 7.17. The molecular formula is C11H17BrN2O. The smallest absolute Gasteiger partial charge is 0.123 e. The van der Waals surface area contributed by atoms with Crippen molar-refractivity contribution in [1.29, 1.82) is 0 Å². The molecule has 0 aliphatic carbocycles. The predicted octanol–water partition coefficient (Wildman–Crippen LogP) is 1.89. The van der Waals surface area contributed by atoms with Gasteiger partial charge >= 0.3 is 0 Å². The maximum atomic E-state index is 5.53. The third-order valence-corrected chi connectivity index (χ3v) is 2.73. The van der Waals surface area contributed by atoms with Crippen LogP contribution in [0.2, 0.25) is 0 Å². The molecule has 4 heteroatoms. The third-order valence-electron chi connectivity index (χ3n) is 2.24. The van der Waals surface area contributed by atoms with E-state index < -0.39 is 0 Å². The van der Waals surface area contributed by atoms with Crippen molar-refractivity contribution >= 4 is 15.9 Å². The number of hydrogen-bond donors (Lipinski definition) is 2. The fourth-order valence-electron chi connectivity index (χ4n) is 1.25. The maximum Gasteiger partial charge on any atom is 0.123 e. The molecular weight excluding hydrogens is 256 g/mol. The lowest BCUT2D eigenvalue weighted by atomic mass is 10.2. The molecule has 3 N–H and O–H groups in total. The van der Waals surface area contributed by atoms with Crippen molar-refractivity contribution in [3.63, 3.8) is 0 Å². The average molecular weight is 273 g/mol. The van der Waals surface area contributed by atoms with Gasteiger partial charge in [-0.15, -0.1) is 0 Å². The Bertz CT molecular complexity index is 317. The second-order valence-corrected chi connectivity index (χ2v) is 4.39. The van der Waals surface area contributed by atoms with Crippen molar-refractivity contribution in [3.05, 3.63) is 28.2 Å². The minimum atomic E-state index is 0.314. The lowest BCUT2D eigenvalue weighted by Crippen LogP contribution is -2.32. The zero-order valence-electron chi connectivity index (χ0n) is 9.09. The van der Waals surface area contributed by atoms with Gasteiger partial charge in [-0.3, -0.25) is 0 Å². The molecule has 0 spiro atoms. The first-order valence-electron chi connectivity index (χ1n) is 4.93. The summed E-state index contributed by atoms with van der Waals surface area (Å²) in [7, 11) is 1.68. The molecule has 1 atom stereocenters. The summed E-state index contributed by atoms with van der Waals surface area (Å²) in [4.78, 5) is 0. The van der Waals surface area contributed by atoms with E-state index in [0.717, 1.165) is 22.3 Å². The van der Waals surface area contributed by atoms with E-state index in [-0.39, 0.29) is 0 Å². The largest absolute Gasteiger partial charge is 0.496 e. The molecule has 0 fully saturated rings. The summed E-state index contributed by atoms with van der Waals surface area (Å²) in [6, 6.07) is 6.28. The van der Waals surface area contributed by atoms with Gasteiger partial charge in [0.25, 0.3) is 0 Å². The van der Waals surface area contributed by atoms with Crippen molar-refractivity contribution in [3.8, 4) is 5.75 Å². The number of halogens is 1. The second-order valence-electron chi connectivity index (χ2n) is 3.47. The molecule has 1 rings (SSSR count). The fourth-order valence-corrected chi connectivity index (χ4v) is 1.66. The van der Waals surface area contributed by atoms with Crippen LogP contribution in [0.4, 0.5) is 0 Å². The van der Waals surface area contributed by atoms with Gasteiger partial charge in [0.1, 0.15) is 5.75 Å². The van der Waals surface area contributed by atoms with E-state index in [1.54, 1.807) is 7.11 Å². The van der Waals surface area contributed by atoms with Crippen LogP contribution in [0.25, 0.3) is 0 Å². The summed E-state index contributed by atoms with van der Waals surface area (Å²) >= 11 is 3.44. The van der Waals surface area contributed by atoms with Crippen molar-refractivity contribution < 1.29 is 4.74 Å². The first-order valence-corrected chi connectivity index (χ1v) is 5.72. The average Bonchev–Trinajstić information content (AvgIpc) is 2.26. The van der Waals surface area contributed by atoms with Gasteiger partial charge in [0.05, 0.1) is 7.11 Å². The highest BCUT2D eigenvalue weighted by atomic mass is 79.9. The SMILES string of the molecule is COc1ccc(Br)cc1CN[C@H](C)CN. The van der Waals surface area contributed by atoms with Crippen LogP contribution in [-0.2, 0) is 6.54 Å². The highest BCUT2D eigenvalue weighted by molar-refractivity contribution is 9.10. The Balaban J connectivity index is 2.69. The Labute approximate surface area is 99.1 Å². The Morgan fingerprint density at radius 2 is 2.27 bits per heavy atom. The number of nitrogens with one attached hydrogen (secondary N) is 1. The van der Waals surface area contributed by atoms with Crippen molar-refractivity contribution in [2.45, 2.75) is 19.5 Å². The van der Waals surface area contributed by atoms with E-state index in [4.69, 9.17) is 10.5 Å². The molecule has 0 aromatic heterocycles. The molecule has 3 nitrogen and oxygen atoms in total. The lowest BCUT2D eigenvalue weighted by Gasteiger charge is -2.13. The number of ether oxygens (including phenoxy) is 1. The molecule has 0 aliphatic heterocycles. The van der Waals surface area contributed by atoms with Crippen LogP contribution in [0, 0.1) is 0 Å². The van der Waals surface area contributed by atoms with Crippen LogP contribution in [-0.4, -0.2) is 19.7 Å². The fraction of sp³-hybridized carbons (Fsp3) is 0.455. The Kier molecular flexibility index (Phi) is 5.08. The van der Waals surface area contributed by atoms with Gasteiger partial charge in [0.2, 0.25) is 0 Å². The van der Waals surface area contributed by atoms with Gasteiger partial charge < -0.3 is 15.8 Å². The van der Waals surface area contributed by atoms with E-state index in [1.165, 1.54) is 0 Å². The molecule has 0 saturated heterocycles. The van der Waals surface area contributed by atoms with E-state index in [1.807, 2.05) is 12.1 Å². The molecule has 0 unspecified atom stereocenters. The van der Waals surface area contributed by atoms with Crippen LogP contribution >= 0.6 is 15.9 Å². The molecule has 0 amide bonds. The van der Waals surface area contributed by atoms with Crippen LogP contribution in [0.15, 0.2) is 22.7 Å². The van der Waals surface area contributed by atoms with Crippen LogP contribution in [0.3, 0.4) is 0 Å². The number of benzene rings is 1. The predicted molar refractivity (Wildman–Crippen MR) is 66.1 cm³/mol. The van der Waals surface area contributed by atoms with Gasteiger partial charge in [-0.1, -0.05) is 15.9 Å². The monoisotopic (exact) mass is 272 g/mol. The molecule has 0 bridgehead atoms. The van der Waals surface area contributed by atoms with E-state index >= 15 is 0 Å². The summed E-state index contributed by atoms with van der Waals surface area (Å²) in [5.41, 5.74) is 6.67. The third kappa shape index (κ3) is 3.81. The quantitative estimate of drug-likeness (QED) is 0.861. The van der Waals surface area contributed by atoms with E-state index in [2.05, 4.69) is 34.2 Å². The number of hydrogen-bond acceptors (Lipinski definition) is 3. The van der Waals surface area contributed by atoms with Gasteiger partial charge in [0.15, 0.2) is 0 Å². The topological polar surface area (TPSA) is 47.3 Å². The normalized spacial score (nSPS) is 12.5. The van der Waals surface area contributed by atoms with Gasteiger partial charge in [-0.05, 0) is 25.1 Å². The van der Waals surface area contributed by atoms with E-state index in [9.17, 15) is 0 Å². The van der Waals surface area contributed by atoms with Crippen LogP contribution < -0.4 is 15.8 Å². The Morgan fingerprint density at radius 1 is 1.53 bits per heavy atom. The number of methoxy groups -OCH3 is 1. The molecule has 0 saturated carbocycles. The minimum absolute atomic E-state index is 0.314. The summed E-state index contributed by atoms with van der Waals surface area (Å²) < 4.78 is 6.33. The lowest BCUT2D eigenvalue weighted by molar-refractivity contribution is 0.406. The summed E-state index contributed by atoms with van der Waals surface area (Å²) in [5.74, 6) is 0.898. The van der Waals surface area contributed by atoms with Crippen molar-refractivity contribution in [2.24, 2.45) is 5.73 Å². The minimum Gasteiger partial charge on any atom is -0.496 e. The molecule has 0 aliphatic rings. The first kappa shape index (κ1) is 12.5. The van der Waals surface area contributed by atoms with Crippen LogP contribution in [0.1, 0.15) is 12.5 Å². The van der Waals surface area contributed by atoms with Gasteiger partial charge in [-0.25, -0.2) is 0 Å². The second kappa shape index (κ2) is 6.10. The number of nitrogens with two attached hydrogens (primary N) is 1. The zero-order valence-corrected chi connectivity index (χ0v) is 10.7.